The van der Waals surface area contributed by atoms with Crippen LogP contribution in [0.15, 0.2) is 60.2 Å². The highest BCUT2D eigenvalue weighted by atomic mass is 16.6. The quantitative estimate of drug-likeness (QED) is 0.210. The van der Waals surface area contributed by atoms with Crippen molar-refractivity contribution < 1.29 is 9.72 Å². The van der Waals surface area contributed by atoms with E-state index in [0.717, 1.165) is 63.9 Å². The average molecular weight is 545 g/mol. The summed E-state index contributed by atoms with van der Waals surface area (Å²) in [6.07, 6.45) is 7.38. The molecular weight excluding hydrogens is 500 g/mol. The molecule has 1 saturated carbocycles. The van der Waals surface area contributed by atoms with Gasteiger partial charge in [-0.3, -0.25) is 24.7 Å². The third-order valence-electron chi connectivity index (χ3n) is 9.82. The Morgan fingerprint density at radius 1 is 1.07 bits per heavy atom. The number of hydrogen-bond donors (Lipinski definition) is 0. The Bertz CT molecular complexity index is 1230. The first-order valence-corrected chi connectivity index (χ1v) is 14.9. The molecule has 1 saturated heterocycles. The highest BCUT2D eigenvalue weighted by molar-refractivity contribution is 5.95. The number of fused-ring (bicyclic) bond motifs is 1. The summed E-state index contributed by atoms with van der Waals surface area (Å²) in [5.74, 6) is 1.48. The van der Waals surface area contributed by atoms with E-state index in [0.29, 0.717) is 29.6 Å². The van der Waals surface area contributed by atoms with E-state index in [2.05, 4.69) is 60.1 Å². The van der Waals surface area contributed by atoms with E-state index in [1.807, 2.05) is 4.90 Å². The van der Waals surface area contributed by atoms with Crippen LogP contribution in [0.5, 0.6) is 0 Å². The first-order chi connectivity index (χ1) is 19.2. The molecule has 2 aromatic carbocycles. The minimum atomic E-state index is -0.413. The van der Waals surface area contributed by atoms with Crippen molar-refractivity contribution in [2.45, 2.75) is 46.5 Å². The van der Waals surface area contributed by atoms with E-state index in [-0.39, 0.29) is 11.6 Å². The molecule has 1 amide bonds. The zero-order valence-electron chi connectivity index (χ0n) is 24.3. The number of nitro groups is 1. The van der Waals surface area contributed by atoms with Gasteiger partial charge in [-0.25, -0.2) is 0 Å². The van der Waals surface area contributed by atoms with E-state index in [4.69, 9.17) is 0 Å². The molecule has 7 nitrogen and oxygen atoms in total. The van der Waals surface area contributed by atoms with E-state index in [1.54, 1.807) is 24.6 Å². The predicted molar refractivity (Wildman–Crippen MR) is 159 cm³/mol. The molecule has 6 rings (SSSR count). The number of amides is 1. The second kappa shape index (κ2) is 12.2. The highest BCUT2D eigenvalue weighted by Crippen LogP contribution is 2.59. The Morgan fingerprint density at radius 2 is 1.82 bits per heavy atom. The number of nitro benzene ring substituents is 1. The van der Waals surface area contributed by atoms with Crippen molar-refractivity contribution in [1.82, 2.24) is 14.7 Å². The normalized spacial score (nSPS) is 22.1. The maximum atomic E-state index is 13.1. The van der Waals surface area contributed by atoms with Crippen molar-refractivity contribution in [1.29, 1.82) is 0 Å². The zero-order chi connectivity index (χ0) is 28.3. The van der Waals surface area contributed by atoms with Crippen molar-refractivity contribution in [3.05, 3.63) is 87.0 Å². The van der Waals surface area contributed by atoms with Gasteiger partial charge in [-0.1, -0.05) is 61.9 Å². The molecule has 0 aromatic heterocycles. The molecule has 1 aliphatic heterocycles. The maximum Gasteiger partial charge on any atom is 0.273 e. The summed E-state index contributed by atoms with van der Waals surface area (Å²) in [6, 6.07) is 15.6. The summed E-state index contributed by atoms with van der Waals surface area (Å²) in [7, 11) is 0. The molecule has 7 heteroatoms. The van der Waals surface area contributed by atoms with Crippen LogP contribution in [0.25, 0.3) is 0 Å². The average Bonchev–Trinajstić information content (AvgIpc) is 2.96. The fourth-order valence-electron chi connectivity index (χ4n) is 6.91. The van der Waals surface area contributed by atoms with E-state index >= 15 is 0 Å². The Morgan fingerprint density at radius 3 is 2.50 bits per heavy atom. The number of benzene rings is 2. The molecule has 1 heterocycles. The summed E-state index contributed by atoms with van der Waals surface area (Å²) in [5.41, 5.74) is 4.48. The minimum Gasteiger partial charge on any atom is -0.336 e. The van der Waals surface area contributed by atoms with Crippen molar-refractivity contribution in [3.8, 4) is 0 Å². The topological polar surface area (TPSA) is 69.9 Å². The molecule has 3 aliphatic carbocycles. The lowest BCUT2D eigenvalue weighted by atomic mass is 9.49. The van der Waals surface area contributed by atoms with E-state index in [9.17, 15) is 14.9 Å². The first kappa shape index (κ1) is 28.5. The van der Waals surface area contributed by atoms with Crippen molar-refractivity contribution in [3.63, 3.8) is 0 Å². The molecule has 2 fully saturated rings. The van der Waals surface area contributed by atoms with Crippen LogP contribution in [0.2, 0.25) is 0 Å². The number of rotatable bonds is 11. The van der Waals surface area contributed by atoms with E-state index in [1.165, 1.54) is 24.5 Å². The number of nitrogens with zero attached hydrogens (tertiary/aromatic N) is 4. The summed E-state index contributed by atoms with van der Waals surface area (Å²) < 4.78 is 0. The van der Waals surface area contributed by atoms with Crippen LogP contribution >= 0.6 is 0 Å². The SMILES string of the molecule is Cc1ccc(C(=O)N2CCN(CCN(CCCc3ccccc3)CC3=CCC4CC3C4(C)C)CC2)cc1[N+](=O)[O-]. The summed E-state index contributed by atoms with van der Waals surface area (Å²) >= 11 is 0. The molecular formula is C33H44N4O3. The minimum absolute atomic E-state index is 0.00531. The van der Waals surface area contributed by atoms with Crippen LogP contribution < -0.4 is 0 Å². The highest BCUT2D eigenvalue weighted by Gasteiger charge is 2.51. The third kappa shape index (κ3) is 6.31. The number of piperazine rings is 1. The van der Waals surface area contributed by atoms with Gasteiger partial charge in [0, 0.05) is 63.0 Å². The molecule has 2 atom stereocenters. The molecule has 0 N–H and O–H groups in total. The van der Waals surface area contributed by atoms with Gasteiger partial charge in [-0.15, -0.1) is 0 Å². The monoisotopic (exact) mass is 544 g/mol. The van der Waals surface area contributed by atoms with Crippen LogP contribution in [0, 0.1) is 34.3 Å². The smallest absolute Gasteiger partial charge is 0.273 e. The fourth-order valence-corrected chi connectivity index (χ4v) is 6.91. The molecule has 40 heavy (non-hydrogen) atoms. The van der Waals surface area contributed by atoms with Crippen molar-refractivity contribution >= 4 is 11.6 Å². The summed E-state index contributed by atoms with van der Waals surface area (Å²) in [5, 5.41) is 11.3. The Hall–Kier alpha value is -3.03. The fraction of sp³-hybridized carbons (Fsp3) is 0.545. The Kier molecular flexibility index (Phi) is 8.71. The summed E-state index contributed by atoms with van der Waals surface area (Å²) in [6.45, 7) is 13.7. The van der Waals surface area contributed by atoms with Gasteiger partial charge in [-0.05, 0) is 68.0 Å². The number of carbonyl (C=O) groups excluding carboxylic acids is 1. The Labute approximate surface area is 239 Å². The van der Waals surface area contributed by atoms with Crippen LogP contribution in [-0.2, 0) is 6.42 Å². The lowest BCUT2D eigenvalue weighted by molar-refractivity contribution is -0.385. The van der Waals surface area contributed by atoms with Gasteiger partial charge in [0.25, 0.3) is 11.6 Å². The van der Waals surface area contributed by atoms with Gasteiger partial charge in [0.2, 0.25) is 0 Å². The van der Waals surface area contributed by atoms with Gasteiger partial charge < -0.3 is 4.90 Å². The number of aryl methyl sites for hydroxylation is 2. The Balaban J connectivity index is 1.14. The molecule has 2 aromatic rings. The van der Waals surface area contributed by atoms with Gasteiger partial charge >= 0.3 is 0 Å². The first-order valence-electron chi connectivity index (χ1n) is 14.9. The lowest BCUT2D eigenvalue weighted by Crippen LogP contribution is -2.51. The van der Waals surface area contributed by atoms with Gasteiger partial charge in [0.05, 0.1) is 4.92 Å². The number of carbonyl (C=O) groups is 1. The van der Waals surface area contributed by atoms with Crippen LogP contribution in [0.3, 0.4) is 0 Å². The second-order valence-corrected chi connectivity index (χ2v) is 12.6. The predicted octanol–water partition coefficient (Wildman–Crippen LogP) is 5.59. The molecule has 4 aliphatic rings. The van der Waals surface area contributed by atoms with Crippen LogP contribution in [-0.4, -0.2) is 77.9 Å². The molecule has 2 bridgehead atoms. The number of hydrogen-bond acceptors (Lipinski definition) is 5. The number of allylic oxidation sites excluding steroid dienone is 1. The second-order valence-electron chi connectivity index (χ2n) is 12.6. The lowest BCUT2D eigenvalue weighted by Gasteiger charge is -2.57. The zero-order valence-corrected chi connectivity index (χ0v) is 24.3. The van der Waals surface area contributed by atoms with Gasteiger partial charge in [-0.2, -0.15) is 0 Å². The maximum absolute atomic E-state index is 13.1. The molecule has 0 radical (unpaired) electrons. The largest absolute Gasteiger partial charge is 0.336 e. The van der Waals surface area contributed by atoms with Gasteiger partial charge in [0.15, 0.2) is 0 Å². The molecule has 0 spiro atoms. The van der Waals surface area contributed by atoms with Crippen molar-refractivity contribution in [2.75, 3.05) is 52.4 Å². The van der Waals surface area contributed by atoms with Gasteiger partial charge in [0.1, 0.15) is 0 Å². The standard InChI is InChI=1S/C33H44N4O3/c1-25-11-12-27(22-31(25)37(39)40)32(38)36-20-18-34(19-21-36)16-17-35(15-7-10-26-8-5-4-6-9-26)24-28-13-14-29-23-30(28)33(29,2)3/h4-6,8-9,11-13,22,29-30H,7,10,14-21,23-24H2,1-3H3. The van der Waals surface area contributed by atoms with Crippen LogP contribution in [0.4, 0.5) is 5.69 Å². The van der Waals surface area contributed by atoms with E-state index < -0.39 is 4.92 Å². The van der Waals surface area contributed by atoms with Crippen LogP contribution in [0.1, 0.15) is 54.6 Å². The molecule has 2 unspecified atom stereocenters. The third-order valence-corrected chi connectivity index (χ3v) is 9.82. The molecule has 214 valence electrons. The van der Waals surface area contributed by atoms with Crippen molar-refractivity contribution in [2.24, 2.45) is 17.3 Å². The summed E-state index contributed by atoms with van der Waals surface area (Å²) in [4.78, 5) is 30.9.